The van der Waals surface area contributed by atoms with Crippen molar-refractivity contribution in [1.29, 1.82) is 0 Å². The normalized spacial score (nSPS) is 10.8. The van der Waals surface area contributed by atoms with Gasteiger partial charge in [-0.05, 0) is 10.6 Å². The third-order valence-electron chi connectivity index (χ3n) is 3.21. The molecule has 0 unspecified atom stereocenters. The Bertz CT molecular complexity index is 557. The summed E-state index contributed by atoms with van der Waals surface area (Å²) >= 11 is 0. The van der Waals surface area contributed by atoms with Crippen LogP contribution in [0.5, 0.6) is 0 Å². The van der Waals surface area contributed by atoms with E-state index in [-0.39, 0.29) is 7.92 Å². The fourth-order valence-electron chi connectivity index (χ4n) is 2.25. The summed E-state index contributed by atoms with van der Waals surface area (Å²) in [5.41, 5.74) is 1.43. The molecule has 0 saturated carbocycles. The molecule has 0 aliphatic heterocycles. The summed E-state index contributed by atoms with van der Waals surface area (Å²) in [4.78, 5) is 0. The number of hydrogen-bond donors (Lipinski definition) is 0. The van der Waals surface area contributed by atoms with Crippen LogP contribution in [-0.2, 0) is 6.16 Å². The van der Waals surface area contributed by atoms with Crippen molar-refractivity contribution in [3.8, 4) is 0 Å². The van der Waals surface area contributed by atoms with Crippen molar-refractivity contribution in [3.05, 3.63) is 90.5 Å². The Balaban J connectivity index is 1.96. The monoisotopic (exact) mass is 263 g/mol. The molecule has 0 aliphatic rings. The lowest BCUT2D eigenvalue weighted by Gasteiger charge is -2.21. The van der Waals surface area contributed by atoms with Gasteiger partial charge in [0.2, 0.25) is 0 Å². The third kappa shape index (κ3) is 2.97. The second-order valence-corrected chi connectivity index (χ2v) is 6.76. The molecule has 0 radical (unpaired) electrons. The van der Waals surface area contributed by atoms with Gasteiger partial charge < -0.3 is 0 Å². The van der Waals surface area contributed by atoms with Crippen LogP contribution in [0.1, 0.15) is 5.56 Å². The van der Waals surface area contributed by atoms with E-state index in [2.05, 4.69) is 84.9 Å². The average molecular weight is 263 g/mol. The van der Waals surface area contributed by atoms with Crippen molar-refractivity contribution in [3.63, 3.8) is 0 Å². The number of benzene rings is 2. The maximum atomic E-state index is 2.25. The highest BCUT2D eigenvalue weighted by atomic mass is 31.1. The maximum Gasteiger partial charge on any atom is -0.0202 e. The second-order valence-electron chi connectivity index (χ2n) is 4.55. The highest BCUT2D eigenvalue weighted by molar-refractivity contribution is 7.72. The van der Waals surface area contributed by atoms with E-state index in [9.17, 15) is 0 Å². The van der Waals surface area contributed by atoms with Gasteiger partial charge in [-0.25, -0.2) is 6.07 Å². The highest BCUT2D eigenvalue weighted by Crippen LogP contribution is 2.37. The van der Waals surface area contributed by atoms with Crippen LogP contribution in [0.3, 0.4) is 0 Å². The second kappa shape index (κ2) is 5.91. The van der Waals surface area contributed by atoms with Crippen molar-refractivity contribution < 1.29 is 0 Å². The van der Waals surface area contributed by atoms with E-state index in [4.69, 9.17) is 0 Å². The molecule has 3 rings (SSSR count). The van der Waals surface area contributed by atoms with Crippen molar-refractivity contribution in [2.75, 3.05) is 0 Å². The smallest absolute Gasteiger partial charge is 0.0202 e. The van der Waals surface area contributed by atoms with E-state index in [1.54, 1.807) is 0 Å². The molecule has 0 nitrogen and oxygen atoms in total. The van der Waals surface area contributed by atoms with Gasteiger partial charge in [-0.15, -0.1) is 0 Å². The van der Waals surface area contributed by atoms with E-state index in [1.807, 2.05) is 0 Å². The topological polar surface area (TPSA) is 0 Å². The summed E-state index contributed by atoms with van der Waals surface area (Å²) in [6.45, 7) is 0. The summed E-state index contributed by atoms with van der Waals surface area (Å²) in [5.74, 6) is 0. The molecular weight excluding hydrogens is 247 g/mol. The van der Waals surface area contributed by atoms with Crippen LogP contribution >= 0.6 is 7.92 Å². The SMILES string of the molecule is c1ccc(P(Cc2cc[cH-]c2)c2ccccc2)cc1. The zero-order valence-corrected chi connectivity index (χ0v) is 11.6. The molecule has 3 aromatic rings. The van der Waals surface area contributed by atoms with E-state index >= 15 is 0 Å². The number of rotatable bonds is 4. The van der Waals surface area contributed by atoms with Crippen LogP contribution in [0.15, 0.2) is 84.9 Å². The van der Waals surface area contributed by atoms with E-state index in [0.29, 0.717) is 0 Å². The van der Waals surface area contributed by atoms with Gasteiger partial charge in [0.1, 0.15) is 0 Å². The lowest BCUT2D eigenvalue weighted by molar-refractivity contribution is 1.45. The third-order valence-corrected chi connectivity index (χ3v) is 5.73. The van der Waals surface area contributed by atoms with Gasteiger partial charge in [-0.1, -0.05) is 74.7 Å². The first-order valence-electron chi connectivity index (χ1n) is 6.52. The Kier molecular flexibility index (Phi) is 3.81. The van der Waals surface area contributed by atoms with Gasteiger partial charge in [-0.2, -0.15) is 23.8 Å². The molecule has 0 N–H and O–H groups in total. The van der Waals surface area contributed by atoms with Gasteiger partial charge in [0.15, 0.2) is 0 Å². The van der Waals surface area contributed by atoms with Crippen LogP contribution in [0, 0.1) is 0 Å². The Morgan fingerprint density at radius 3 is 1.79 bits per heavy atom. The van der Waals surface area contributed by atoms with E-state index in [0.717, 1.165) is 6.16 Å². The average Bonchev–Trinajstić information content (AvgIpc) is 3.00. The molecule has 0 saturated heterocycles. The summed E-state index contributed by atoms with van der Waals surface area (Å²) in [6.07, 6.45) is 1.12. The first kappa shape index (κ1) is 12.3. The Labute approximate surface area is 115 Å². The molecule has 0 amide bonds. The Hall–Kier alpha value is -1.78. The molecule has 0 heterocycles. The van der Waals surface area contributed by atoms with Gasteiger partial charge in [0.05, 0.1) is 0 Å². The van der Waals surface area contributed by atoms with Crippen molar-refractivity contribution >= 4 is 18.5 Å². The molecule has 19 heavy (non-hydrogen) atoms. The van der Waals surface area contributed by atoms with Crippen molar-refractivity contribution in [2.45, 2.75) is 6.16 Å². The van der Waals surface area contributed by atoms with Crippen LogP contribution in [0.2, 0.25) is 0 Å². The summed E-state index contributed by atoms with van der Waals surface area (Å²) in [6, 6.07) is 30.4. The quantitative estimate of drug-likeness (QED) is 0.492. The molecule has 0 aliphatic carbocycles. The molecule has 0 spiro atoms. The van der Waals surface area contributed by atoms with Gasteiger partial charge in [0.25, 0.3) is 0 Å². The lowest BCUT2D eigenvalue weighted by Crippen LogP contribution is -2.12. The largest absolute Gasteiger partial charge is 0.210 e. The first-order valence-corrected chi connectivity index (χ1v) is 8.04. The minimum Gasteiger partial charge on any atom is -0.210 e. The maximum absolute atomic E-state index is 2.25. The van der Waals surface area contributed by atoms with Crippen LogP contribution in [0.4, 0.5) is 0 Å². The predicted molar refractivity (Wildman–Crippen MR) is 84.8 cm³/mol. The molecule has 94 valence electrons. The van der Waals surface area contributed by atoms with Crippen LogP contribution < -0.4 is 10.6 Å². The molecule has 3 aromatic carbocycles. The molecule has 0 aromatic heterocycles. The lowest BCUT2D eigenvalue weighted by atomic mass is 10.4. The first-order chi connectivity index (χ1) is 9.43. The minimum atomic E-state index is -0.301. The fourth-order valence-corrected chi connectivity index (χ4v) is 4.55. The summed E-state index contributed by atoms with van der Waals surface area (Å²) < 4.78 is 0. The zero-order chi connectivity index (χ0) is 12.9. The minimum absolute atomic E-state index is 0.301. The van der Waals surface area contributed by atoms with Gasteiger partial charge in [0, 0.05) is 0 Å². The Morgan fingerprint density at radius 2 is 1.32 bits per heavy atom. The Morgan fingerprint density at radius 1 is 0.737 bits per heavy atom. The molecule has 0 atom stereocenters. The van der Waals surface area contributed by atoms with E-state index < -0.39 is 0 Å². The molecule has 1 heteroatoms. The van der Waals surface area contributed by atoms with Gasteiger partial charge in [-0.3, -0.25) is 0 Å². The van der Waals surface area contributed by atoms with E-state index in [1.165, 1.54) is 16.2 Å². The zero-order valence-electron chi connectivity index (χ0n) is 10.7. The molecular formula is C18H16P-. The van der Waals surface area contributed by atoms with Gasteiger partial charge >= 0.3 is 0 Å². The standard InChI is InChI=1S/C18H16P/c1-3-11-17(12-4-1)19(15-16-9-7-8-10-16)18-13-5-2-6-14-18/h1-14H,15H2/q-1. The summed E-state index contributed by atoms with van der Waals surface area (Å²) in [7, 11) is -0.301. The highest BCUT2D eigenvalue weighted by Gasteiger charge is 2.11. The van der Waals surface area contributed by atoms with Crippen LogP contribution in [-0.4, -0.2) is 0 Å². The summed E-state index contributed by atoms with van der Waals surface area (Å²) in [5, 5.41) is 2.90. The predicted octanol–water partition coefficient (Wildman–Crippen LogP) is 4.04. The number of hydrogen-bond acceptors (Lipinski definition) is 0. The fraction of sp³-hybridized carbons (Fsp3) is 0.0556. The molecule has 0 fully saturated rings. The van der Waals surface area contributed by atoms with Crippen LogP contribution in [0.25, 0.3) is 0 Å². The molecule has 0 bridgehead atoms. The van der Waals surface area contributed by atoms with Crippen molar-refractivity contribution in [2.24, 2.45) is 0 Å². The van der Waals surface area contributed by atoms with Crippen molar-refractivity contribution in [1.82, 2.24) is 0 Å².